The summed E-state index contributed by atoms with van der Waals surface area (Å²) in [6.07, 6.45) is 4.58. The summed E-state index contributed by atoms with van der Waals surface area (Å²) in [7, 11) is 2.02. The Balaban J connectivity index is 1.57. The highest BCUT2D eigenvalue weighted by Gasteiger charge is 2.50. The maximum absolute atomic E-state index is 13.1. The molecule has 1 aromatic heterocycles. The molecule has 1 amide bonds. The maximum Gasteiger partial charge on any atom is 0.228 e. The SMILES string of the molecule is CC(NC(=O)[C@@]12CCCC[C@H]1CNC2)c1nc2ccccc2n1C. The van der Waals surface area contributed by atoms with Gasteiger partial charge in [0.25, 0.3) is 0 Å². The van der Waals surface area contributed by atoms with Crippen LogP contribution in [0.5, 0.6) is 0 Å². The summed E-state index contributed by atoms with van der Waals surface area (Å²) in [6, 6.07) is 8.01. The van der Waals surface area contributed by atoms with Crippen LogP contribution in [0.15, 0.2) is 24.3 Å². The first-order chi connectivity index (χ1) is 11.6. The predicted molar refractivity (Wildman–Crippen MR) is 94.5 cm³/mol. The zero-order valence-corrected chi connectivity index (χ0v) is 14.5. The van der Waals surface area contributed by atoms with Crippen LogP contribution < -0.4 is 10.6 Å². The number of aromatic nitrogens is 2. The van der Waals surface area contributed by atoms with E-state index in [0.717, 1.165) is 42.8 Å². The molecule has 4 rings (SSSR count). The summed E-state index contributed by atoms with van der Waals surface area (Å²) in [5.74, 6) is 1.61. The van der Waals surface area contributed by atoms with Gasteiger partial charge in [-0.3, -0.25) is 4.79 Å². The van der Waals surface area contributed by atoms with Crippen molar-refractivity contribution in [1.82, 2.24) is 20.2 Å². The van der Waals surface area contributed by atoms with Gasteiger partial charge in [-0.25, -0.2) is 4.98 Å². The van der Waals surface area contributed by atoms with Crippen LogP contribution in [0, 0.1) is 11.3 Å². The van der Waals surface area contributed by atoms with E-state index in [1.807, 2.05) is 32.2 Å². The third-order valence-electron chi connectivity index (χ3n) is 6.05. The lowest BCUT2D eigenvalue weighted by Gasteiger charge is -2.37. The van der Waals surface area contributed by atoms with E-state index < -0.39 is 0 Å². The molecular weight excluding hydrogens is 300 g/mol. The number of hydrogen-bond donors (Lipinski definition) is 2. The molecule has 2 heterocycles. The zero-order valence-electron chi connectivity index (χ0n) is 14.5. The van der Waals surface area contributed by atoms with Gasteiger partial charge in [0.1, 0.15) is 5.82 Å². The van der Waals surface area contributed by atoms with Crippen molar-refractivity contribution < 1.29 is 4.79 Å². The van der Waals surface area contributed by atoms with Crippen LogP contribution in [0.3, 0.4) is 0 Å². The van der Waals surface area contributed by atoms with E-state index in [-0.39, 0.29) is 17.4 Å². The van der Waals surface area contributed by atoms with Crippen LogP contribution >= 0.6 is 0 Å². The Morgan fingerprint density at radius 3 is 3.08 bits per heavy atom. The van der Waals surface area contributed by atoms with E-state index in [1.54, 1.807) is 0 Å². The number of imidazole rings is 1. The van der Waals surface area contributed by atoms with Gasteiger partial charge in [0, 0.05) is 13.6 Å². The molecule has 1 aliphatic carbocycles. The van der Waals surface area contributed by atoms with Gasteiger partial charge in [0.15, 0.2) is 0 Å². The molecule has 0 radical (unpaired) electrons. The minimum absolute atomic E-state index is 0.0903. The van der Waals surface area contributed by atoms with Crippen molar-refractivity contribution >= 4 is 16.9 Å². The highest BCUT2D eigenvalue weighted by molar-refractivity contribution is 5.84. The maximum atomic E-state index is 13.1. The lowest BCUT2D eigenvalue weighted by molar-refractivity contribution is -0.134. The standard InChI is InChI=1S/C19H26N4O/c1-13(17-22-15-8-3-4-9-16(15)23(17)2)21-18(24)19-10-6-5-7-14(19)11-20-12-19/h3-4,8-9,13-14,20H,5-7,10-12H2,1-2H3,(H,21,24)/t13?,14-,19+/m0/s1. The smallest absolute Gasteiger partial charge is 0.228 e. The summed E-state index contributed by atoms with van der Waals surface area (Å²) in [4.78, 5) is 17.8. The Hall–Kier alpha value is -1.88. The summed E-state index contributed by atoms with van der Waals surface area (Å²) in [5.41, 5.74) is 1.87. The van der Waals surface area contributed by atoms with Gasteiger partial charge in [-0.15, -0.1) is 0 Å². The molecule has 0 bridgehead atoms. The summed E-state index contributed by atoms with van der Waals surface area (Å²) < 4.78 is 2.09. The first kappa shape index (κ1) is 15.6. The molecule has 1 saturated heterocycles. The van der Waals surface area contributed by atoms with Crippen molar-refractivity contribution in [1.29, 1.82) is 0 Å². The fourth-order valence-electron chi connectivity index (χ4n) is 4.65. The molecular formula is C19H26N4O. The van der Waals surface area contributed by atoms with Crippen LogP contribution in [0.1, 0.15) is 44.5 Å². The monoisotopic (exact) mass is 326 g/mol. The van der Waals surface area contributed by atoms with Crippen LogP contribution in [-0.4, -0.2) is 28.5 Å². The highest BCUT2D eigenvalue weighted by Crippen LogP contribution is 2.44. The molecule has 2 aromatic rings. The van der Waals surface area contributed by atoms with Crippen molar-refractivity contribution in [2.75, 3.05) is 13.1 Å². The normalized spacial score (nSPS) is 27.8. The minimum Gasteiger partial charge on any atom is -0.346 e. The molecule has 128 valence electrons. The van der Waals surface area contributed by atoms with E-state index in [4.69, 9.17) is 4.98 Å². The fraction of sp³-hybridized carbons (Fsp3) is 0.579. The second-order valence-corrected chi connectivity index (χ2v) is 7.44. The lowest BCUT2D eigenvalue weighted by atomic mass is 9.67. The van der Waals surface area contributed by atoms with Gasteiger partial charge in [0.05, 0.1) is 22.5 Å². The average molecular weight is 326 g/mol. The quantitative estimate of drug-likeness (QED) is 0.911. The van der Waals surface area contributed by atoms with E-state index in [2.05, 4.69) is 21.3 Å². The molecule has 1 aromatic carbocycles. The number of rotatable bonds is 3. The summed E-state index contributed by atoms with van der Waals surface area (Å²) >= 11 is 0. The Morgan fingerprint density at radius 1 is 1.42 bits per heavy atom. The van der Waals surface area contributed by atoms with Crippen molar-refractivity contribution in [2.45, 2.75) is 38.6 Å². The minimum atomic E-state index is -0.211. The molecule has 0 spiro atoms. The van der Waals surface area contributed by atoms with Crippen molar-refractivity contribution in [2.24, 2.45) is 18.4 Å². The zero-order chi connectivity index (χ0) is 16.7. The number of aryl methyl sites for hydroxylation is 1. The van der Waals surface area contributed by atoms with E-state index in [1.165, 1.54) is 12.8 Å². The van der Waals surface area contributed by atoms with Gasteiger partial charge in [-0.2, -0.15) is 0 Å². The third-order valence-corrected chi connectivity index (χ3v) is 6.05. The molecule has 5 heteroatoms. The molecule has 1 unspecified atom stereocenters. The fourth-order valence-corrected chi connectivity index (χ4v) is 4.65. The van der Waals surface area contributed by atoms with E-state index in [9.17, 15) is 4.79 Å². The predicted octanol–water partition coefficient (Wildman–Crippen LogP) is 2.53. The van der Waals surface area contributed by atoms with Crippen molar-refractivity contribution in [3.05, 3.63) is 30.1 Å². The summed E-state index contributed by atoms with van der Waals surface area (Å²) in [5, 5.41) is 6.72. The molecule has 3 atom stereocenters. The number of amides is 1. The average Bonchev–Trinajstić information content (AvgIpc) is 3.17. The lowest BCUT2D eigenvalue weighted by Crippen LogP contribution is -2.48. The van der Waals surface area contributed by atoms with Gasteiger partial charge in [-0.05, 0) is 44.4 Å². The number of carbonyl (C=O) groups excluding carboxylic acids is 1. The van der Waals surface area contributed by atoms with Crippen LogP contribution in [0.2, 0.25) is 0 Å². The molecule has 2 N–H and O–H groups in total. The van der Waals surface area contributed by atoms with Gasteiger partial charge in [-0.1, -0.05) is 25.0 Å². The van der Waals surface area contributed by atoms with Crippen LogP contribution in [0.4, 0.5) is 0 Å². The number of para-hydroxylation sites is 2. The van der Waals surface area contributed by atoms with E-state index in [0.29, 0.717) is 5.92 Å². The molecule has 1 saturated carbocycles. The van der Waals surface area contributed by atoms with Crippen molar-refractivity contribution in [3.8, 4) is 0 Å². The van der Waals surface area contributed by atoms with Crippen molar-refractivity contribution in [3.63, 3.8) is 0 Å². The second-order valence-electron chi connectivity index (χ2n) is 7.44. The molecule has 5 nitrogen and oxygen atoms in total. The van der Waals surface area contributed by atoms with Crippen LogP contribution in [0.25, 0.3) is 11.0 Å². The molecule has 2 fully saturated rings. The number of fused-ring (bicyclic) bond motifs is 2. The largest absolute Gasteiger partial charge is 0.346 e. The van der Waals surface area contributed by atoms with Gasteiger partial charge < -0.3 is 15.2 Å². The molecule has 1 aliphatic heterocycles. The highest BCUT2D eigenvalue weighted by atomic mass is 16.2. The number of hydrogen-bond acceptors (Lipinski definition) is 3. The Bertz CT molecular complexity index is 768. The topological polar surface area (TPSA) is 59.0 Å². The Morgan fingerprint density at radius 2 is 2.25 bits per heavy atom. The number of nitrogens with zero attached hydrogens (tertiary/aromatic N) is 2. The number of carbonyl (C=O) groups is 1. The summed E-state index contributed by atoms with van der Waals surface area (Å²) in [6.45, 7) is 3.84. The van der Waals surface area contributed by atoms with Gasteiger partial charge in [0.2, 0.25) is 5.91 Å². The first-order valence-electron chi connectivity index (χ1n) is 9.05. The molecule has 2 aliphatic rings. The van der Waals surface area contributed by atoms with E-state index >= 15 is 0 Å². The molecule has 24 heavy (non-hydrogen) atoms. The van der Waals surface area contributed by atoms with Gasteiger partial charge >= 0.3 is 0 Å². The number of benzene rings is 1. The second kappa shape index (κ2) is 5.88. The number of nitrogens with one attached hydrogen (secondary N) is 2. The Kier molecular flexibility index (Phi) is 3.83. The van der Waals surface area contributed by atoms with Crippen LogP contribution in [-0.2, 0) is 11.8 Å². The first-order valence-corrected chi connectivity index (χ1v) is 9.05. The Labute approximate surface area is 142 Å². The third kappa shape index (κ3) is 2.34.